The van der Waals surface area contributed by atoms with Crippen LogP contribution < -0.4 is 11.1 Å². The van der Waals surface area contributed by atoms with Crippen LogP contribution in [0.4, 0.5) is 0 Å². The van der Waals surface area contributed by atoms with Crippen molar-refractivity contribution in [3.8, 4) is 0 Å². The number of methoxy groups -OCH3 is 1. The first-order valence-corrected chi connectivity index (χ1v) is 6.19. The molecular weight excluding hydrogens is 284 g/mol. The Labute approximate surface area is 110 Å². The molecule has 0 heterocycles. The van der Waals surface area contributed by atoms with Crippen molar-refractivity contribution in [1.82, 2.24) is 5.32 Å². The molecule has 4 nitrogen and oxygen atoms in total. The van der Waals surface area contributed by atoms with Crippen molar-refractivity contribution in [2.75, 3.05) is 13.7 Å². The number of ether oxygens (including phenoxy) is 1. The Balaban J connectivity index is 2.34. The van der Waals surface area contributed by atoms with Gasteiger partial charge < -0.3 is 15.8 Å². The zero-order valence-corrected chi connectivity index (χ0v) is 11.4. The predicted octanol–water partition coefficient (Wildman–Crippen LogP) is 1.43. The summed E-state index contributed by atoms with van der Waals surface area (Å²) in [5, 5.41) is 2.79. The minimum Gasteiger partial charge on any atom is -0.385 e. The van der Waals surface area contributed by atoms with Crippen molar-refractivity contribution in [3.05, 3.63) is 34.3 Å². The number of nitrogens with one attached hydrogen (secondary N) is 1. The number of nitrogens with two attached hydrogens (primary N) is 1. The number of benzene rings is 1. The normalized spacial score (nSPS) is 12.2. The second-order valence-electron chi connectivity index (χ2n) is 3.73. The zero-order valence-electron chi connectivity index (χ0n) is 9.78. The third kappa shape index (κ3) is 5.30. The highest BCUT2D eigenvalue weighted by Crippen LogP contribution is 2.10. The molecule has 1 rings (SSSR count). The average Bonchev–Trinajstić information content (AvgIpc) is 2.34. The molecule has 0 saturated carbocycles. The highest BCUT2D eigenvalue weighted by molar-refractivity contribution is 9.10. The third-order valence-electron chi connectivity index (χ3n) is 2.35. The SMILES string of the molecule is COCCC(N)C(=O)NCc1ccc(Br)cc1. The number of carbonyl (C=O) groups is 1. The van der Waals surface area contributed by atoms with Gasteiger partial charge >= 0.3 is 0 Å². The van der Waals surface area contributed by atoms with Gasteiger partial charge in [-0.3, -0.25) is 4.79 Å². The fourth-order valence-corrected chi connectivity index (χ4v) is 1.56. The van der Waals surface area contributed by atoms with Gasteiger partial charge in [-0.1, -0.05) is 28.1 Å². The molecule has 5 heteroatoms. The van der Waals surface area contributed by atoms with E-state index >= 15 is 0 Å². The molecule has 1 aromatic rings. The Morgan fingerprint density at radius 3 is 2.71 bits per heavy atom. The van der Waals surface area contributed by atoms with Crippen molar-refractivity contribution < 1.29 is 9.53 Å². The first-order chi connectivity index (χ1) is 8.13. The van der Waals surface area contributed by atoms with Crippen LogP contribution in [0.2, 0.25) is 0 Å². The first-order valence-electron chi connectivity index (χ1n) is 5.40. The van der Waals surface area contributed by atoms with E-state index in [9.17, 15) is 4.79 Å². The van der Waals surface area contributed by atoms with Crippen LogP contribution >= 0.6 is 15.9 Å². The highest BCUT2D eigenvalue weighted by Gasteiger charge is 2.12. The molecule has 0 aliphatic rings. The third-order valence-corrected chi connectivity index (χ3v) is 2.88. The lowest BCUT2D eigenvalue weighted by Crippen LogP contribution is -2.40. The molecule has 0 saturated heterocycles. The van der Waals surface area contributed by atoms with Gasteiger partial charge in [0.25, 0.3) is 0 Å². The Bertz CT molecular complexity index is 354. The molecule has 0 aliphatic carbocycles. The van der Waals surface area contributed by atoms with Gasteiger partial charge in [-0.05, 0) is 24.1 Å². The summed E-state index contributed by atoms with van der Waals surface area (Å²) in [6.07, 6.45) is 0.530. The fourth-order valence-electron chi connectivity index (χ4n) is 1.30. The average molecular weight is 301 g/mol. The molecule has 0 spiro atoms. The maximum Gasteiger partial charge on any atom is 0.237 e. The molecule has 1 atom stereocenters. The van der Waals surface area contributed by atoms with Crippen molar-refractivity contribution >= 4 is 21.8 Å². The number of halogens is 1. The summed E-state index contributed by atoms with van der Waals surface area (Å²) in [5.41, 5.74) is 6.73. The lowest BCUT2D eigenvalue weighted by molar-refractivity contribution is -0.122. The van der Waals surface area contributed by atoms with E-state index in [1.807, 2.05) is 24.3 Å². The van der Waals surface area contributed by atoms with Gasteiger partial charge in [0.2, 0.25) is 5.91 Å². The van der Waals surface area contributed by atoms with E-state index in [1.54, 1.807) is 7.11 Å². The van der Waals surface area contributed by atoms with Gasteiger partial charge in [-0.15, -0.1) is 0 Å². The van der Waals surface area contributed by atoms with E-state index in [0.717, 1.165) is 10.0 Å². The summed E-state index contributed by atoms with van der Waals surface area (Å²) in [4.78, 5) is 11.6. The van der Waals surface area contributed by atoms with Crippen LogP contribution in [0.5, 0.6) is 0 Å². The predicted molar refractivity (Wildman–Crippen MR) is 70.5 cm³/mol. The van der Waals surface area contributed by atoms with Crippen molar-refractivity contribution in [1.29, 1.82) is 0 Å². The minimum absolute atomic E-state index is 0.148. The Hall–Kier alpha value is -0.910. The van der Waals surface area contributed by atoms with Crippen molar-refractivity contribution in [2.24, 2.45) is 5.73 Å². The maximum absolute atomic E-state index is 11.6. The number of rotatable bonds is 6. The Morgan fingerprint density at radius 2 is 2.12 bits per heavy atom. The van der Waals surface area contributed by atoms with Gasteiger partial charge in [0.15, 0.2) is 0 Å². The maximum atomic E-state index is 11.6. The number of carbonyl (C=O) groups excluding carboxylic acids is 1. The van der Waals surface area contributed by atoms with Gasteiger partial charge in [0.05, 0.1) is 6.04 Å². The zero-order chi connectivity index (χ0) is 12.7. The Kier molecular flexibility index (Phi) is 6.18. The van der Waals surface area contributed by atoms with Gasteiger partial charge in [0.1, 0.15) is 0 Å². The lowest BCUT2D eigenvalue weighted by Gasteiger charge is -2.11. The van der Waals surface area contributed by atoms with Crippen LogP contribution in [0, 0.1) is 0 Å². The molecule has 17 heavy (non-hydrogen) atoms. The largest absolute Gasteiger partial charge is 0.385 e. The molecule has 3 N–H and O–H groups in total. The summed E-state index contributed by atoms with van der Waals surface area (Å²) in [6, 6.07) is 7.26. The Morgan fingerprint density at radius 1 is 1.47 bits per heavy atom. The van der Waals surface area contributed by atoms with E-state index in [2.05, 4.69) is 21.2 Å². The first kappa shape index (κ1) is 14.2. The molecule has 0 aliphatic heterocycles. The van der Waals surface area contributed by atoms with Crippen LogP contribution in [-0.2, 0) is 16.1 Å². The number of hydrogen-bond acceptors (Lipinski definition) is 3. The fraction of sp³-hybridized carbons (Fsp3) is 0.417. The molecule has 0 bridgehead atoms. The lowest BCUT2D eigenvalue weighted by atomic mass is 10.2. The van der Waals surface area contributed by atoms with E-state index in [0.29, 0.717) is 19.6 Å². The minimum atomic E-state index is -0.509. The molecule has 1 unspecified atom stereocenters. The molecule has 0 radical (unpaired) electrons. The van der Waals surface area contributed by atoms with Crippen LogP contribution in [0.3, 0.4) is 0 Å². The van der Waals surface area contributed by atoms with Crippen LogP contribution in [-0.4, -0.2) is 25.7 Å². The summed E-state index contributed by atoms with van der Waals surface area (Å²) in [6.45, 7) is 0.986. The molecule has 1 aromatic carbocycles. The highest BCUT2D eigenvalue weighted by atomic mass is 79.9. The smallest absolute Gasteiger partial charge is 0.237 e. The second kappa shape index (κ2) is 7.42. The van der Waals surface area contributed by atoms with E-state index in [4.69, 9.17) is 10.5 Å². The quantitative estimate of drug-likeness (QED) is 0.835. The van der Waals surface area contributed by atoms with E-state index in [-0.39, 0.29) is 5.91 Å². The topological polar surface area (TPSA) is 64.3 Å². The summed E-state index contributed by atoms with van der Waals surface area (Å²) >= 11 is 3.36. The van der Waals surface area contributed by atoms with Crippen LogP contribution in [0.1, 0.15) is 12.0 Å². The van der Waals surface area contributed by atoms with Gasteiger partial charge in [-0.2, -0.15) is 0 Å². The van der Waals surface area contributed by atoms with E-state index in [1.165, 1.54) is 0 Å². The molecule has 0 fully saturated rings. The number of hydrogen-bond donors (Lipinski definition) is 2. The summed E-state index contributed by atoms with van der Waals surface area (Å²) in [5.74, 6) is -0.148. The monoisotopic (exact) mass is 300 g/mol. The summed E-state index contributed by atoms with van der Waals surface area (Å²) < 4.78 is 5.89. The van der Waals surface area contributed by atoms with Crippen LogP contribution in [0.15, 0.2) is 28.7 Å². The molecule has 94 valence electrons. The molecular formula is C12H17BrN2O2. The second-order valence-corrected chi connectivity index (χ2v) is 4.65. The number of amides is 1. The standard InChI is InChI=1S/C12H17BrN2O2/c1-17-7-6-11(14)12(16)15-8-9-2-4-10(13)5-3-9/h2-5,11H,6-8,14H2,1H3,(H,15,16). The molecule has 1 amide bonds. The molecule has 0 aromatic heterocycles. The van der Waals surface area contributed by atoms with Crippen molar-refractivity contribution in [3.63, 3.8) is 0 Å². The van der Waals surface area contributed by atoms with Crippen LogP contribution in [0.25, 0.3) is 0 Å². The van der Waals surface area contributed by atoms with Gasteiger partial charge in [-0.25, -0.2) is 0 Å². The van der Waals surface area contributed by atoms with Crippen molar-refractivity contribution in [2.45, 2.75) is 19.0 Å². The van der Waals surface area contributed by atoms with E-state index < -0.39 is 6.04 Å². The van der Waals surface area contributed by atoms with Gasteiger partial charge in [0, 0.05) is 24.7 Å². The summed E-state index contributed by atoms with van der Waals surface area (Å²) in [7, 11) is 1.59.